The van der Waals surface area contributed by atoms with Crippen molar-refractivity contribution >= 4 is 42.9 Å². The number of benzene rings is 1. The number of hydrogen-bond donors (Lipinski definition) is 0. The average molecular weight is 369 g/mol. The largest absolute Gasteiger partial charge is 0.297 e. The van der Waals surface area contributed by atoms with Gasteiger partial charge in [-0.1, -0.05) is 37.0 Å². The van der Waals surface area contributed by atoms with E-state index >= 15 is 0 Å². The molecule has 0 fully saturated rings. The van der Waals surface area contributed by atoms with Crippen LogP contribution >= 0.6 is 33.9 Å². The van der Waals surface area contributed by atoms with Crippen LogP contribution in [-0.4, -0.2) is 23.2 Å². The van der Waals surface area contributed by atoms with E-state index in [-0.39, 0.29) is 11.1 Å². The van der Waals surface area contributed by atoms with E-state index in [0.717, 1.165) is 0 Å². The average Bonchev–Trinajstić information content (AvgIpc) is 2.69. The fourth-order valence-corrected chi connectivity index (χ4v) is 3.33. The number of nitrogens with zero attached hydrogens (tertiary/aromatic N) is 3. The molecule has 1 heterocycles. The highest BCUT2D eigenvalue weighted by Crippen LogP contribution is 2.28. The minimum atomic E-state index is -3.99. The highest BCUT2D eigenvalue weighted by atomic mass is 35.7. The Morgan fingerprint density at radius 1 is 1.14 bits per heavy atom. The SMILES string of the molecule is CC(C)Cn1c(-c2cc(Cl)cc(Cl)c2)nnc1S(=O)(=O)Cl. The van der Waals surface area contributed by atoms with Gasteiger partial charge in [0, 0.05) is 32.8 Å². The molecule has 1 aromatic carbocycles. The van der Waals surface area contributed by atoms with Gasteiger partial charge in [0.05, 0.1) is 0 Å². The third-order valence-corrected chi connectivity index (χ3v) is 4.19. The van der Waals surface area contributed by atoms with E-state index in [2.05, 4.69) is 10.2 Å². The molecule has 2 rings (SSSR count). The number of rotatable bonds is 4. The van der Waals surface area contributed by atoms with E-state index in [1.807, 2.05) is 13.8 Å². The van der Waals surface area contributed by atoms with Crippen LogP contribution < -0.4 is 0 Å². The zero-order valence-corrected chi connectivity index (χ0v) is 14.3. The molecule has 21 heavy (non-hydrogen) atoms. The minimum absolute atomic E-state index is 0.173. The molecule has 114 valence electrons. The van der Waals surface area contributed by atoms with Gasteiger partial charge in [-0.25, -0.2) is 8.42 Å². The van der Waals surface area contributed by atoms with Crippen molar-refractivity contribution in [2.45, 2.75) is 25.5 Å². The van der Waals surface area contributed by atoms with Crippen molar-refractivity contribution in [3.05, 3.63) is 28.2 Å². The van der Waals surface area contributed by atoms with Crippen LogP contribution in [0.25, 0.3) is 11.4 Å². The molecule has 0 aliphatic heterocycles. The Kier molecular flexibility index (Phi) is 4.82. The van der Waals surface area contributed by atoms with Crippen LogP contribution in [0.4, 0.5) is 0 Å². The summed E-state index contributed by atoms with van der Waals surface area (Å²) in [5.41, 5.74) is 0.576. The second-order valence-corrected chi connectivity index (χ2v) is 8.24. The summed E-state index contributed by atoms with van der Waals surface area (Å²) in [7, 11) is 1.42. The second-order valence-electron chi connectivity index (χ2n) is 4.91. The summed E-state index contributed by atoms with van der Waals surface area (Å²) in [4.78, 5) is 0. The van der Waals surface area contributed by atoms with Crippen molar-refractivity contribution in [1.29, 1.82) is 0 Å². The standard InChI is InChI=1S/C12H12Cl3N3O2S/c1-7(2)6-18-11(16-17-12(18)21(15,19)20)8-3-9(13)5-10(14)4-8/h3-5,7H,6H2,1-2H3. The lowest BCUT2D eigenvalue weighted by Crippen LogP contribution is -2.11. The van der Waals surface area contributed by atoms with Crippen molar-refractivity contribution < 1.29 is 8.42 Å². The van der Waals surface area contributed by atoms with E-state index in [4.69, 9.17) is 33.9 Å². The van der Waals surface area contributed by atoms with E-state index in [1.54, 1.807) is 18.2 Å². The highest BCUT2D eigenvalue weighted by molar-refractivity contribution is 8.13. The maximum Gasteiger partial charge on any atom is 0.296 e. The number of aromatic nitrogens is 3. The normalized spacial score (nSPS) is 12.1. The molecular weight excluding hydrogens is 357 g/mol. The summed E-state index contributed by atoms with van der Waals surface area (Å²) in [6, 6.07) is 4.85. The van der Waals surface area contributed by atoms with Crippen LogP contribution in [0.1, 0.15) is 13.8 Å². The van der Waals surface area contributed by atoms with Crippen molar-refractivity contribution in [3.8, 4) is 11.4 Å². The van der Waals surface area contributed by atoms with Gasteiger partial charge in [0.15, 0.2) is 5.82 Å². The quantitative estimate of drug-likeness (QED) is 0.769. The summed E-state index contributed by atoms with van der Waals surface area (Å²) in [5, 5.41) is 8.16. The maximum atomic E-state index is 11.6. The first-order valence-electron chi connectivity index (χ1n) is 6.03. The molecule has 0 radical (unpaired) electrons. The highest BCUT2D eigenvalue weighted by Gasteiger charge is 2.24. The predicted octanol–water partition coefficient (Wildman–Crippen LogP) is 3.84. The second kappa shape index (κ2) is 6.12. The van der Waals surface area contributed by atoms with Crippen molar-refractivity contribution in [2.24, 2.45) is 5.92 Å². The predicted molar refractivity (Wildman–Crippen MR) is 83.4 cm³/mol. The Labute approximate surface area is 137 Å². The van der Waals surface area contributed by atoms with Crippen LogP contribution in [0, 0.1) is 5.92 Å². The molecule has 0 saturated heterocycles. The Morgan fingerprint density at radius 2 is 1.71 bits per heavy atom. The Hall–Kier alpha value is -0.820. The third-order valence-electron chi connectivity index (χ3n) is 2.60. The van der Waals surface area contributed by atoms with E-state index < -0.39 is 9.05 Å². The molecule has 0 unspecified atom stereocenters. The minimum Gasteiger partial charge on any atom is -0.297 e. The van der Waals surface area contributed by atoms with Gasteiger partial charge in [-0.2, -0.15) is 0 Å². The zero-order chi connectivity index (χ0) is 15.8. The summed E-state index contributed by atoms with van der Waals surface area (Å²) in [6.07, 6.45) is 0. The monoisotopic (exact) mass is 367 g/mol. The molecule has 1 aromatic heterocycles. The molecule has 0 aliphatic rings. The van der Waals surface area contributed by atoms with Crippen LogP contribution in [0.2, 0.25) is 10.0 Å². The molecule has 9 heteroatoms. The molecule has 0 saturated carbocycles. The summed E-state index contributed by atoms with van der Waals surface area (Å²) in [5.74, 6) is 0.527. The van der Waals surface area contributed by atoms with Gasteiger partial charge in [-0.3, -0.25) is 4.57 Å². The maximum absolute atomic E-state index is 11.6. The zero-order valence-electron chi connectivity index (χ0n) is 11.2. The molecule has 0 bridgehead atoms. The van der Waals surface area contributed by atoms with E-state index in [9.17, 15) is 8.42 Å². The molecule has 5 nitrogen and oxygen atoms in total. The molecule has 0 N–H and O–H groups in total. The number of hydrogen-bond acceptors (Lipinski definition) is 4. The Balaban J connectivity index is 2.66. The van der Waals surface area contributed by atoms with Crippen molar-refractivity contribution in [1.82, 2.24) is 14.8 Å². The molecule has 0 atom stereocenters. The third kappa shape index (κ3) is 3.88. The number of halogens is 3. The van der Waals surface area contributed by atoms with E-state index in [0.29, 0.717) is 28.0 Å². The van der Waals surface area contributed by atoms with Crippen LogP contribution in [-0.2, 0) is 15.6 Å². The fourth-order valence-electron chi connectivity index (χ4n) is 1.90. The summed E-state index contributed by atoms with van der Waals surface area (Å²) >= 11 is 11.9. The summed E-state index contributed by atoms with van der Waals surface area (Å²) < 4.78 is 24.7. The fraction of sp³-hybridized carbons (Fsp3) is 0.333. The van der Waals surface area contributed by atoms with Gasteiger partial charge < -0.3 is 0 Å². The Morgan fingerprint density at radius 3 is 2.19 bits per heavy atom. The first kappa shape index (κ1) is 16.5. The van der Waals surface area contributed by atoms with Crippen LogP contribution in [0.3, 0.4) is 0 Å². The molecule has 2 aromatic rings. The first-order valence-corrected chi connectivity index (χ1v) is 9.09. The first-order chi connectivity index (χ1) is 9.68. The lowest BCUT2D eigenvalue weighted by atomic mass is 10.2. The van der Waals surface area contributed by atoms with Gasteiger partial charge in [0.1, 0.15) is 0 Å². The van der Waals surface area contributed by atoms with Crippen molar-refractivity contribution in [2.75, 3.05) is 0 Å². The van der Waals surface area contributed by atoms with Gasteiger partial charge in [-0.15, -0.1) is 10.2 Å². The van der Waals surface area contributed by atoms with Gasteiger partial charge in [-0.05, 0) is 24.1 Å². The summed E-state index contributed by atoms with van der Waals surface area (Å²) in [6.45, 7) is 4.28. The van der Waals surface area contributed by atoms with E-state index in [1.165, 1.54) is 4.57 Å². The van der Waals surface area contributed by atoms with Crippen molar-refractivity contribution in [3.63, 3.8) is 0 Å². The molecule has 0 aliphatic carbocycles. The molecular formula is C12H12Cl3N3O2S. The molecule has 0 spiro atoms. The smallest absolute Gasteiger partial charge is 0.296 e. The lowest BCUT2D eigenvalue weighted by Gasteiger charge is -2.11. The van der Waals surface area contributed by atoms with Crippen LogP contribution in [0.15, 0.2) is 23.4 Å². The van der Waals surface area contributed by atoms with Gasteiger partial charge in [0.2, 0.25) is 0 Å². The van der Waals surface area contributed by atoms with Gasteiger partial charge in [0.25, 0.3) is 14.2 Å². The Bertz CT molecular complexity index is 752. The lowest BCUT2D eigenvalue weighted by molar-refractivity contribution is 0.488. The molecule has 0 amide bonds. The van der Waals surface area contributed by atoms with Gasteiger partial charge >= 0.3 is 0 Å². The van der Waals surface area contributed by atoms with Crippen LogP contribution in [0.5, 0.6) is 0 Å². The topological polar surface area (TPSA) is 64.8 Å².